The van der Waals surface area contributed by atoms with Gasteiger partial charge in [0.1, 0.15) is 5.75 Å². The van der Waals surface area contributed by atoms with E-state index in [2.05, 4.69) is 5.32 Å². The normalized spacial score (nSPS) is 15.1. The first-order chi connectivity index (χ1) is 8.79. The summed E-state index contributed by atoms with van der Waals surface area (Å²) in [6.45, 7) is 1.72. The second-order valence-corrected chi connectivity index (χ2v) is 4.25. The van der Waals surface area contributed by atoms with E-state index >= 15 is 0 Å². The molecule has 4 heteroatoms. The Kier molecular flexibility index (Phi) is 4.23. The van der Waals surface area contributed by atoms with Crippen molar-refractivity contribution in [2.24, 2.45) is 0 Å². The Bertz CT molecular complexity index is 437. The standard InChI is InChI=1S/C14H18N2O2/c1-18-13-6-4-5-12(11-13)7-8-15-14(17)16-9-2-3-10-16/h4-8,11H,2-3,9-10H2,1H3,(H,15,17)/b8-7+. The van der Waals surface area contributed by atoms with Crippen molar-refractivity contribution in [3.63, 3.8) is 0 Å². The average molecular weight is 246 g/mol. The van der Waals surface area contributed by atoms with E-state index in [0.29, 0.717) is 0 Å². The van der Waals surface area contributed by atoms with Crippen molar-refractivity contribution in [3.05, 3.63) is 36.0 Å². The first-order valence-corrected chi connectivity index (χ1v) is 6.15. The molecule has 96 valence electrons. The summed E-state index contributed by atoms with van der Waals surface area (Å²) in [5.41, 5.74) is 0.996. The summed E-state index contributed by atoms with van der Waals surface area (Å²) in [5, 5.41) is 2.78. The Morgan fingerprint density at radius 2 is 2.17 bits per heavy atom. The number of rotatable bonds is 3. The highest BCUT2D eigenvalue weighted by molar-refractivity contribution is 5.76. The van der Waals surface area contributed by atoms with Gasteiger partial charge in [0.25, 0.3) is 0 Å². The molecule has 1 aliphatic heterocycles. The number of likely N-dealkylation sites (tertiary alicyclic amines) is 1. The third-order valence-electron chi connectivity index (χ3n) is 2.97. The molecule has 1 heterocycles. The molecular formula is C14H18N2O2. The quantitative estimate of drug-likeness (QED) is 0.890. The summed E-state index contributed by atoms with van der Waals surface area (Å²) >= 11 is 0. The van der Waals surface area contributed by atoms with Gasteiger partial charge in [-0.3, -0.25) is 0 Å². The van der Waals surface area contributed by atoms with Crippen molar-refractivity contribution >= 4 is 12.1 Å². The molecular weight excluding hydrogens is 228 g/mol. The molecule has 2 amide bonds. The van der Waals surface area contributed by atoms with Crippen LogP contribution in [0.3, 0.4) is 0 Å². The number of hydrogen-bond acceptors (Lipinski definition) is 2. The fourth-order valence-corrected chi connectivity index (χ4v) is 1.97. The third-order valence-corrected chi connectivity index (χ3v) is 2.97. The predicted octanol–water partition coefficient (Wildman–Crippen LogP) is 2.47. The van der Waals surface area contributed by atoms with Gasteiger partial charge in [0, 0.05) is 19.3 Å². The summed E-state index contributed by atoms with van der Waals surface area (Å²) in [4.78, 5) is 13.5. The zero-order chi connectivity index (χ0) is 12.8. The lowest BCUT2D eigenvalue weighted by atomic mass is 10.2. The maximum absolute atomic E-state index is 11.7. The number of carbonyl (C=O) groups is 1. The minimum absolute atomic E-state index is 0.0216. The van der Waals surface area contributed by atoms with Crippen LogP contribution in [0.25, 0.3) is 6.08 Å². The molecule has 0 aliphatic carbocycles. The van der Waals surface area contributed by atoms with E-state index in [4.69, 9.17) is 4.74 Å². The summed E-state index contributed by atoms with van der Waals surface area (Å²) in [7, 11) is 1.64. The van der Waals surface area contributed by atoms with Gasteiger partial charge in [-0.2, -0.15) is 0 Å². The predicted molar refractivity (Wildman–Crippen MR) is 71.4 cm³/mol. The number of nitrogens with one attached hydrogen (secondary N) is 1. The average Bonchev–Trinajstić information content (AvgIpc) is 2.93. The maximum Gasteiger partial charge on any atom is 0.321 e. The van der Waals surface area contributed by atoms with Crippen molar-refractivity contribution in [3.8, 4) is 5.75 Å². The first-order valence-electron chi connectivity index (χ1n) is 6.15. The molecule has 0 radical (unpaired) electrons. The smallest absolute Gasteiger partial charge is 0.321 e. The van der Waals surface area contributed by atoms with Crippen LogP contribution >= 0.6 is 0 Å². The van der Waals surface area contributed by atoms with Crippen LogP contribution in [0.4, 0.5) is 4.79 Å². The number of nitrogens with zero attached hydrogens (tertiary/aromatic N) is 1. The number of benzene rings is 1. The van der Waals surface area contributed by atoms with Crippen molar-refractivity contribution in [1.29, 1.82) is 0 Å². The molecule has 0 atom stereocenters. The largest absolute Gasteiger partial charge is 0.497 e. The monoisotopic (exact) mass is 246 g/mol. The van der Waals surface area contributed by atoms with E-state index in [-0.39, 0.29) is 6.03 Å². The maximum atomic E-state index is 11.7. The van der Waals surface area contributed by atoms with Gasteiger partial charge in [0.05, 0.1) is 7.11 Å². The van der Waals surface area contributed by atoms with Crippen LogP contribution in [-0.4, -0.2) is 31.1 Å². The molecule has 0 unspecified atom stereocenters. The van der Waals surface area contributed by atoms with E-state index in [0.717, 1.165) is 37.2 Å². The lowest BCUT2D eigenvalue weighted by molar-refractivity contribution is 0.212. The Morgan fingerprint density at radius 1 is 1.39 bits per heavy atom. The molecule has 1 fully saturated rings. The summed E-state index contributed by atoms with van der Waals surface area (Å²) in [6.07, 6.45) is 5.74. The minimum atomic E-state index is -0.0216. The van der Waals surface area contributed by atoms with E-state index in [1.54, 1.807) is 13.3 Å². The second-order valence-electron chi connectivity index (χ2n) is 4.25. The summed E-state index contributed by atoms with van der Waals surface area (Å²) in [5.74, 6) is 0.808. The van der Waals surface area contributed by atoms with Crippen LogP contribution in [0.1, 0.15) is 18.4 Å². The molecule has 1 aromatic carbocycles. The molecule has 1 aliphatic rings. The van der Waals surface area contributed by atoms with Gasteiger partial charge in [0.2, 0.25) is 0 Å². The van der Waals surface area contributed by atoms with Gasteiger partial charge in [-0.25, -0.2) is 4.79 Å². The van der Waals surface area contributed by atoms with Crippen LogP contribution in [-0.2, 0) is 0 Å². The van der Waals surface area contributed by atoms with Gasteiger partial charge < -0.3 is 15.0 Å². The van der Waals surface area contributed by atoms with Crippen molar-refractivity contribution < 1.29 is 9.53 Å². The number of methoxy groups -OCH3 is 1. The first kappa shape index (κ1) is 12.5. The van der Waals surface area contributed by atoms with Gasteiger partial charge in [-0.1, -0.05) is 12.1 Å². The molecule has 0 spiro atoms. The molecule has 1 aromatic rings. The van der Waals surface area contributed by atoms with E-state index in [9.17, 15) is 4.79 Å². The minimum Gasteiger partial charge on any atom is -0.497 e. The van der Waals surface area contributed by atoms with Crippen LogP contribution in [0.5, 0.6) is 5.75 Å². The van der Waals surface area contributed by atoms with Gasteiger partial charge in [-0.15, -0.1) is 0 Å². The van der Waals surface area contributed by atoms with Gasteiger partial charge in [0.15, 0.2) is 0 Å². The highest BCUT2D eigenvalue weighted by Gasteiger charge is 2.16. The molecule has 4 nitrogen and oxygen atoms in total. The Morgan fingerprint density at radius 3 is 2.89 bits per heavy atom. The fraction of sp³-hybridized carbons (Fsp3) is 0.357. The molecule has 0 bridgehead atoms. The highest BCUT2D eigenvalue weighted by Crippen LogP contribution is 2.13. The Labute approximate surface area is 107 Å². The lowest BCUT2D eigenvalue weighted by Crippen LogP contribution is -2.34. The van der Waals surface area contributed by atoms with Crippen LogP contribution < -0.4 is 10.1 Å². The molecule has 18 heavy (non-hydrogen) atoms. The third kappa shape index (κ3) is 3.26. The molecule has 0 saturated carbocycles. The SMILES string of the molecule is COc1cccc(/C=C/NC(=O)N2CCCC2)c1. The lowest BCUT2D eigenvalue weighted by Gasteiger charge is -2.13. The summed E-state index contributed by atoms with van der Waals surface area (Å²) in [6, 6.07) is 7.66. The molecule has 2 rings (SSSR count). The van der Waals surface area contributed by atoms with Crippen LogP contribution in [0.2, 0.25) is 0 Å². The van der Waals surface area contributed by atoms with Crippen molar-refractivity contribution in [2.45, 2.75) is 12.8 Å². The molecule has 1 N–H and O–H groups in total. The number of hydrogen-bond donors (Lipinski definition) is 1. The number of urea groups is 1. The number of amides is 2. The van der Waals surface area contributed by atoms with E-state index in [1.807, 2.05) is 35.2 Å². The van der Waals surface area contributed by atoms with Crippen LogP contribution in [0, 0.1) is 0 Å². The molecule has 0 aromatic heterocycles. The van der Waals surface area contributed by atoms with E-state index in [1.165, 1.54) is 0 Å². The van der Waals surface area contributed by atoms with E-state index < -0.39 is 0 Å². The van der Waals surface area contributed by atoms with Gasteiger partial charge in [-0.05, 0) is 36.6 Å². The summed E-state index contributed by atoms with van der Waals surface area (Å²) < 4.78 is 5.13. The van der Waals surface area contributed by atoms with Gasteiger partial charge >= 0.3 is 6.03 Å². The highest BCUT2D eigenvalue weighted by atomic mass is 16.5. The van der Waals surface area contributed by atoms with Crippen molar-refractivity contribution in [2.75, 3.05) is 20.2 Å². The zero-order valence-corrected chi connectivity index (χ0v) is 10.6. The molecule has 1 saturated heterocycles. The Balaban J connectivity index is 1.88. The van der Waals surface area contributed by atoms with Crippen molar-refractivity contribution in [1.82, 2.24) is 10.2 Å². The second kappa shape index (κ2) is 6.10. The zero-order valence-electron chi connectivity index (χ0n) is 10.6. The van der Waals surface area contributed by atoms with Crippen LogP contribution in [0.15, 0.2) is 30.5 Å². The number of ether oxygens (including phenoxy) is 1. The fourth-order valence-electron chi connectivity index (χ4n) is 1.97. The Hall–Kier alpha value is -1.97. The number of carbonyl (C=O) groups excluding carboxylic acids is 1. The topological polar surface area (TPSA) is 41.6 Å².